The minimum atomic E-state index is -0.142. The molecule has 1 aliphatic rings. The Morgan fingerprint density at radius 2 is 2.39 bits per heavy atom. The molecule has 18 heavy (non-hydrogen) atoms. The first kappa shape index (κ1) is 13.1. The summed E-state index contributed by atoms with van der Waals surface area (Å²) in [7, 11) is 1.42. The molecule has 0 bridgehead atoms. The fraction of sp³-hybridized carbons (Fsp3) is 0.545. The molecule has 0 spiro atoms. The van der Waals surface area contributed by atoms with Crippen molar-refractivity contribution in [1.82, 2.24) is 9.97 Å². The van der Waals surface area contributed by atoms with Gasteiger partial charge in [0.05, 0.1) is 25.9 Å². The Bertz CT molecular complexity index is 437. The molecule has 98 valence electrons. The fourth-order valence-corrected chi connectivity index (χ4v) is 2.78. The second-order valence-electron chi connectivity index (χ2n) is 4.43. The Morgan fingerprint density at radius 1 is 1.61 bits per heavy atom. The van der Waals surface area contributed by atoms with Gasteiger partial charge < -0.3 is 10.2 Å². The molecule has 6 nitrogen and oxygen atoms in total. The van der Waals surface area contributed by atoms with Gasteiger partial charge in [-0.25, -0.2) is 10.8 Å². The average Bonchev–Trinajstić information content (AvgIpc) is 3.17. The number of nitrogen functional groups attached to an aromatic ring is 1. The van der Waals surface area contributed by atoms with E-state index in [0.29, 0.717) is 12.2 Å². The van der Waals surface area contributed by atoms with Gasteiger partial charge in [-0.2, -0.15) is 0 Å². The van der Waals surface area contributed by atoms with E-state index in [1.165, 1.54) is 7.11 Å². The Labute approximate surface area is 110 Å². The molecular weight excluding hydrogens is 252 g/mol. The molecule has 3 N–H and O–H groups in total. The highest BCUT2D eigenvalue weighted by atomic mass is 32.2. The van der Waals surface area contributed by atoms with Crippen molar-refractivity contribution < 1.29 is 9.53 Å². The van der Waals surface area contributed by atoms with Crippen LogP contribution in [0, 0.1) is 5.41 Å². The number of esters is 1. The first-order valence-electron chi connectivity index (χ1n) is 5.66. The van der Waals surface area contributed by atoms with Gasteiger partial charge in [0.25, 0.3) is 0 Å². The van der Waals surface area contributed by atoms with Crippen LogP contribution in [0.15, 0.2) is 17.4 Å². The highest BCUT2D eigenvalue weighted by molar-refractivity contribution is 7.99. The van der Waals surface area contributed by atoms with Gasteiger partial charge in [-0.3, -0.25) is 9.78 Å². The van der Waals surface area contributed by atoms with Crippen molar-refractivity contribution in [1.29, 1.82) is 0 Å². The maximum Gasteiger partial charge on any atom is 0.306 e. The number of hydrogen-bond acceptors (Lipinski definition) is 7. The fourth-order valence-electron chi connectivity index (χ4n) is 1.64. The predicted octanol–water partition coefficient (Wildman–Crippen LogP) is 1.20. The van der Waals surface area contributed by atoms with E-state index in [9.17, 15) is 4.79 Å². The smallest absolute Gasteiger partial charge is 0.306 e. The number of carbonyl (C=O) groups excluding carboxylic acids is 1. The van der Waals surface area contributed by atoms with Gasteiger partial charge in [0.1, 0.15) is 5.03 Å². The largest absolute Gasteiger partial charge is 0.469 e. The summed E-state index contributed by atoms with van der Waals surface area (Å²) in [6.07, 6.45) is 5.87. The third-order valence-electron chi connectivity index (χ3n) is 2.99. The molecule has 0 atom stereocenters. The van der Waals surface area contributed by atoms with Crippen molar-refractivity contribution >= 4 is 23.5 Å². The molecule has 0 amide bonds. The van der Waals surface area contributed by atoms with Crippen molar-refractivity contribution in [2.24, 2.45) is 11.3 Å². The van der Waals surface area contributed by atoms with Crippen molar-refractivity contribution in [3.8, 4) is 0 Å². The lowest BCUT2D eigenvalue weighted by Gasteiger charge is -2.12. The summed E-state index contributed by atoms with van der Waals surface area (Å²) in [5.41, 5.74) is 2.55. The van der Waals surface area contributed by atoms with Crippen LogP contribution in [0.3, 0.4) is 0 Å². The molecule has 2 rings (SSSR count). The van der Waals surface area contributed by atoms with Crippen molar-refractivity contribution in [3.63, 3.8) is 0 Å². The van der Waals surface area contributed by atoms with E-state index in [-0.39, 0.29) is 11.4 Å². The lowest BCUT2D eigenvalue weighted by molar-refractivity contribution is -0.141. The molecule has 0 unspecified atom stereocenters. The zero-order valence-corrected chi connectivity index (χ0v) is 11.0. The van der Waals surface area contributed by atoms with Gasteiger partial charge in [-0.05, 0) is 18.3 Å². The summed E-state index contributed by atoms with van der Waals surface area (Å²) in [5, 5.41) is 0.807. The van der Waals surface area contributed by atoms with E-state index in [2.05, 4.69) is 15.4 Å². The highest BCUT2D eigenvalue weighted by Gasteiger charge is 2.44. The summed E-state index contributed by atoms with van der Waals surface area (Å²) >= 11 is 1.59. The van der Waals surface area contributed by atoms with Crippen LogP contribution in [0.2, 0.25) is 0 Å². The molecule has 7 heteroatoms. The predicted molar refractivity (Wildman–Crippen MR) is 68.9 cm³/mol. The maximum absolute atomic E-state index is 11.3. The number of nitrogens with one attached hydrogen (secondary N) is 1. The number of thioether (sulfide) groups is 1. The average molecular weight is 268 g/mol. The lowest BCUT2D eigenvalue weighted by Crippen LogP contribution is -2.13. The van der Waals surface area contributed by atoms with Gasteiger partial charge in [0.15, 0.2) is 5.82 Å². The van der Waals surface area contributed by atoms with Crippen LogP contribution in [0.5, 0.6) is 0 Å². The molecule has 1 heterocycles. The summed E-state index contributed by atoms with van der Waals surface area (Å²) in [6, 6.07) is 0. The number of methoxy groups -OCH3 is 1. The first-order chi connectivity index (χ1) is 8.67. The molecule has 1 aliphatic carbocycles. The van der Waals surface area contributed by atoms with Crippen LogP contribution in [0.4, 0.5) is 5.82 Å². The number of anilines is 1. The van der Waals surface area contributed by atoms with Crippen molar-refractivity contribution in [2.75, 3.05) is 18.3 Å². The molecule has 1 saturated carbocycles. The van der Waals surface area contributed by atoms with E-state index >= 15 is 0 Å². The number of nitrogens with two attached hydrogens (primary N) is 1. The van der Waals surface area contributed by atoms with Crippen LogP contribution < -0.4 is 11.3 Å². The number of rotatable bonds is 6. The van der Waals surface area contributed by atoms with Crippen LogP contribution in [-0.4, -0.2) is 28.8 Å². The Kier molecular flexibility index (Phi) is 4.03. The number of hydrazine groups is 1. The molecule has 1 aromatic heterocycles. The molecule has 1 fully saturated rings. The molecule has 0 saturated heterocycles. The van der Waals surface area contributed by atoms with Gasteiger partial charge >= 0.3 is 5.97 Å². The van der Waals surface area contributed by atoms with Crippen molar-refractivity contribution in [2.45, 2.75) is 24.3 Å². The van der Waals surface area contributed by atoms with Gasteiger partial charge in [-0.1, -0.05) is 0 Å². The molecule has 0 aromatic carbocycles. The quantitative estimate of drug-likeness (QED) is 0.347. The maximum atomic E-state index is 11.3. The summed E-state index contributed by atoms with van der Waals surface area (Å²) in [5.74, 6) is 6.52. The number of nitrogens with zero attached hydrogens (tertiary/aromatic N) is 2. The second kappa shape index (κ2) is 5.53. The van der Waals surface area contributed by atoms with E-state index in [4.69, 9.17) is 10.6 Å². The molecule has 0 aliphatic heterocycles. The lowest BCUT2D eigenvalue weighted by atomic mass is 10.1. The normalized spacial score (nSPS) is 16.1. The Hall–Kier alpha value is -1.34. The second-order valence-corrected chi connectivity index (χ2v) is 5.42. The number of ether oxygens (including phenoxy) is 1. The number of carbonyl (C=O) groups is 1. The number of aromatic nitrogens is 2. The molecule has 1 aromatic rings. The van der Waals surface area contributed by atoms with E-state index < -0.39 is 0 Å². The van der Waals surface area contributed by atoms with Gasteiger partial charge in [0, 0.05) is 5.75 Å². The monoisotopic (exact) mass is 268 g/mol. The van der Waals surface area contributed by atoms with E-state index in [0.717, 1.165) is 23.6 Å². The van der Waals surface area contributed by atoms with E-state index in [1.807, 2.05) is 0 Å². The van der Waals surface area contributed by atoms with E-state index in [1.54, 1.807) is 24.2 Å². The minimum absolute atomic E-state index is 0.0889. The summed E-state index contributed by atoms with van der Waals surface area (Å²) in [6.45, 7) is 0. The molecular formula is C11H16N4O2S. The van der Waals surface area contributed by atoms with Gasteiger partial charge in [0.2, 0.25) is 0 Å². The summed E-state index contributed by atoms with van der Waals surface area (Å²) < 4.78 is 4.71. The number of hydrogen-bond donors (Lipinski definition) is 2. The zero-order chi connectivity index (χ0) is 13.0. The standard InChI is InChI=1S/C11H16N4O2S/c1-17-10(16)4-11(2-3-11)7-18-9-6-13-5-8(14-9)15-12/h5-6H,2-4,7,12H2,1H3,(H,14,15). The SMILES string of the molecule is COC(=O)CC1(CSc2cncc(NN)n2)CC1. The van der Waals surface area contributed by atoms with Crippen LogP contribution in [0.1, 0.15) is 19.3 Å². The zero-order valence-electron chi connectivity index (χ0n) is 10.2. The van der Waals surface area contributed by atoms with Crippen LogP contribution >= 0.6 is 11.8 Å². The minimum Gasteiger partial charge on any atom is -0.469 e. The molecule has 0 radical (unpaired) electrons. The Balaban J connectivity index is 1.89. The first-order valence-corrected chi connectivity index (χ1v) is 6.64. The Morgan fingerprint density at radius 3 is 3.00 bits per heavy atom. The third-order valence-corrected chi connectivity index (χ3v) is 4.24. The van der Waals surface area contributed by atoms with Crippen LogP contribution in [-0.2, 0) is 9.53 Å². The van der Waals surface area contributed by atoms with Crippen LogP contribution in [0.25, 0.3) is 0 Å². The van der Waals surface area contributed by atoms with Crippen molar-refractivity contribution in [3.05, 3.63) is 12.4 Å². The summed E-state index contributed by atoms with van der Waals surface area (Å²) in [4.78, 5) is 19.6. The van der Waals surface area contributed by atoms with Gasteiger partial charge in [-0.15, -0.1) is 11.8 Å². The topological polar surface area (TPSA) is 90.1 Å². The third kappa shape index (κ3) is 3.33. The highest BCUT2D eigenvalue weighted by Crippen LogP contribution is 2.51.